The fraction of sp³-hybridized carbons (Fsp3) is 0.133. The van der Waals surface area contributed by atoms with Crippen LogP contribution < -0.4 is 11.1 Å². The molecule has 0 bridgehead atoms. The number of rotatable bonds is 3. The molecule has 92 valence electrons. The molecule has 1 amide bonds. The van der Waals surface area contributed by atoms with Crippen molar-refractivity contribution < 1.29 is 4.79 Å². The number of hydrogen-bond acceptors (Lipinski definition) is 2. The molecule has 3 N–H and O–H groups in total. The average Bonchev–Trinajstić information content (AvgIpc) is 2.32. The zero-order chi connectivity index (χ0) is 13.0. The summed E-state index contributed by atoms with van der Waals surface area (Å²) in [4.78, 5) is 11.9. The van der Waals surface area contributed by atoms with Gasteiger partial charge in [-0.2, -0.15) is 0 Å². The van der Waals surface area contributed by atoms with Crippen molar-refractivity contribution in [3.63, 3.8) is 0 Å². The van der Waals surface area contributed by atoms with Gasteiger partial charge >= 0.3 is 0 Å². The Bertz CT molecular complexity index is 564. The lowest BCUT2D eigenvalue weighted by Crippen LogP contribution is -2.15. The van der Waals surface area contributed by atoms with E-state index in [1.54, 1.807) is 12.1 Å². The number of amides is 1. The van der Waals surface area contributed by atoms with Gasteiger partial charge in [-0.1, -0.05) is 42.0 Å². The monoisotopic (exact) mass is 240 g/mol. The molecule has 18 heavy (non-hydrogen) atoms. The maximum atomic E-state index is 11.9. The van der Waals surface area contributed by atoms with E-state index in [-0.39, 0.29) is 5.91 Å². The van der Waals surface area contributed by atoms with Crippen LogP contribution in [0.2, 0.25) is 0 Å². The molecule has 0 aliphatic carbocycles. The maximum Gasteiger partial charge on any atom is 0.228 e. The third-order valence-electron chi connectivity index (χ3n) is 2.68. The summed E-state index contributed by atoms with van der Waals surface area (Å²) in [5.74, 6) is -0.0569. The second-order valence-electron chi connectivity index (χ2n) is 4.30. The molecule has 0 aromatic heterocycles. The topological polar surface area (TPSA) is 55.1 Å². The Morgan fingerprint density at radius 2 is 1.94 bits per heavy atom. The summed E-state index contributed by atoms with van der Waals surface area (Å²) in [5, 5.41) is 2.81. The van der Waals surface area contributed by atoms with Crippen molar-refractivity contribution in [1.82, 2.24) is 0 Å². The predicted octanol–water partition coefficient (Wildman–Crippen LogP) is 2.76. The van der Waals surface area contributed by atoms with Crippen molar-refractivity contribution >= 4 is 17.3 Å². The molecule has 0 radical (unpaired) electrons. The number of para-hydroxylation sites is 2. The van der Waals surface area contributed by atoms with Crippen LogP contribution >= 0.6 is 0 Å². The fourth-order valence-corrected chi connectivity index (χ4v) is 1.81. The highest BCUT2D eigenvalue weighted by atomic mass is 16.1. The third-order valence-corrected chi connectivity index (χ3v) is 2.68. The average molecular weight is 240 g/mol. The molecule has 0 fully saturated rings. The number of nitrogen functional groups attached to an aromatic ring is 1. The lowest BCUT2D eigenvalue weighted by atomic mass is 10.1. The Labute approximate surface area is 107 Å². The summed E-state index contributed by atoms with van der Waals surface area (Å²) >= 11 is 0. The highest BCUT2D eigenvalue weighted by Crippen LogP contribution is 2.17. The Hall–Kier alpha value is -2.29. The molecule has 0 atom stereocenters. The predicted molar refractivity (Wildman–Crippen MR) is 74.4 cm³/mol. The molecule has 0 saturated carbocycles. The van der Waals surface area contributed by atoms with Gasteiger partial charge < -0.3 is 11.1 Å². The van der Waals surface area contributed by atoms with Gasteiger partial charge in [0, 0.05) is 0 Å². The normalized spacial score (nSPS) is 10.1. The first-order valence-corrected chi connectivity index (χ1v) is 5.85. The first kappa shape index (κ1) is 12.2. The smallest absolute Gasteiger partial charge is 0.228 e. The molecule has 0 aliphatic heterocycles. The van der Waals surface area contributed by atoms with Gasteiger partial charge in [0.25, 0.3) is 0 Å². The van der Waals surface area contributed by atoms with Crippen molar-refractivity contribution in [2.75, 3.05) is 11.1 Å². The Kier molecular flexibility index (Phi) is 3.63. The fourth-order valence-electron chi connectivity index (χ4n) is 1.81. The summed E-state index contributed by atoms with van der Waals surface area (Å²) in [7, 11) is 0. The zero-order valence-electron chi connectivity index (χ0n) is 10.3. The van der Waals surface area contributed by atoms with Crippen molar-refractivity contribution in [2.24, 2.45) is 0 Å². The number of carbonyl (C=O) groups excluding carboxylic acids is 1. The number of nitrogens with one attached hydrogen (secondary N) is 1. The van der Waals surface area contributed by atoms with Gasteiger partial charge in [-0.3, -0.25) is 4.79 Å². The van der Waals surface area contributed by atoms with Crippen LogP contribution in [0.4, 0.5) is 11.4 Å². The van der Waals surface area contributed by atoms with Gasteiger partial charge in [0.15, 0.2) is 0 Å². The second-order valence-corrected chi connectivity index (χ2v) is 4.30. The van der Waals surface area contributed by atoms with Crippen molar-refractivity contribution in [1.29, 1.82) is 0 Å². The highest BCUT2D eigenvalue weighted by Gasteiger charge is 2.05. The molecule has 2 rings (SSSR count). The van der Waals surface area contributed by atoms with Gasteiger partial charge in [0.2, 0.25) is 5.91 Å². The number of anilines is 2. The number of carbonyl (C=O) groups is 1. The summed E-state index contributed by atoms with van der Waals surface area (Å²) in [6.45, 7) is 2.01. The van der Waals surface area contributed by atoms with Gasteiger partial charge in [-0.25, -0.2) is 0 Å². The Morgan fingerprint density at radius 1 is 1.17 bits per heavy atom. The molecule has 0 spiro atoms. The summed E-state index contributed by atoms with van der Waals surface area (Å²) in [5.41, 5.74) is 9.17. The molecule has 0 aliphatic rings. The van der Waals surface area contributed by atoms with E-state index in [9.17, 15) is 4.79 Å². The molecule has 0 saturated heterocycles. The maximum absolute atomic E-state index is 11.9. The van der Waals surface area contributed by atoms with Crippen LogP contribution in [0.25, 0.3) is 0 Å². The van der Waals surface area contributed by atoms with Crippen LogP contribution in [0.15, 0.2) is 48.5 Å². The first-order valence-electron chi connectivity index (χ1n) is 5.85. The lowest BCUT2D eigenvalue weighted by Gasteiger charge is -2.08. The van der Waals surface area contributed by atoms with E-state index in [4.69, 9.17) is 5.73 Å². The van der Waals surface area contributed by atoms with Crippen molar-refractivity contribution in [2.45, 2.75) is 13.3 Å². The SMILES string of the molecule is Cc1cccc(CC(=O)Nc2ccccc2N)c1. The van der Waals surface area contributed by atoms with Gasteiger partial charge in [0.1, 0.15) is 0 Å². The second kappa shape index (κ2) is 5.36. The standard InChI is InChI=1S/C15H16N2O/c1-11-5-4-6-12(9-11)10-15(18)17-14-8-3-2-7-13(14)16/h2-9H,10,16H2,1H3,(H,17,18). The van der Waals surface area contributed by atoms with Crippen LogP contribution in [0.5, 0.6) is 0 Å². The van der Waals surface area contributed by atoms with Crippen molar-refractivity contribution in [3.05, 3.63) is 59.7 Å². The number of aryl methyl sites for hydroxylation is 1. The number of benzene rings is 2. The molecule has 3 nitrogen and oxygen atoms in total. The minimum Gasteiger partial charge on any atom is -0.397 e. The van der Waals surface area contributed by atoms with E-state index in [0.29, 0.717) is 17.8 Å². The summed E-state index contributed by atoms with van der Waals surface area (Å²) < 4.78 is 0. The summed E-state index contributed by atoms with van der Waals surface area (Å²) in [6.07, 6.45) is 0.357. The van der Waals surface area contributed by atoms with E-state index >= 15 is 0 Å². The molecule has 2 aromatic carbocycles. The molecular weight excluding hydrogens is 224 g/mol. The van der Waals surface area contributed by atoms with Crippen LogP contribution in [0.1, 0.15) is 11.1 Å². The van der Waals surface area contributed by atoms with Gasteiger partial charge in [-0.15, -0.1) is 0 Å². The molecule has 2 aromatic rings. The highest BCUT2D eigenvalue weighted by molar-refractivity contribution is 5.95. The van der Waals surface area contributed by atoms with Gasteiger partial charge in [-0.05, 0) is 24.6 Å². The van der Waals surface area contributed by atoms with Gasteiger partial charge in [0.05, 0.1) is 17.8 Å². The van der Waals surface area contributed by atoms with Crippen LogP contribution in [-0.2, 0) is 11.2 Å². The Balaban J connectivity index is 2.03. The number of hydrogen-bond donors (Lipinski definition) is 2. The first-order chi connectivity index (χ1) is 8.65. The Morgan fingerprint density at radius 3 is 2.67 bits per heavy atom. The quantitative estimate of drug-likeness (QED) is 0.810. The minimum atomic E-state index is -0.0569. The molecular formula is C15H16N2O. The molecule has 0 unspecified atom stereocenters. The van der Waals surface area contributed by atoms with E-state index < -0.39 is 0 Å². The lowest BCUT2D eigenvalue weighted by molar-refractivity contribution is -0.115. The van der Waals surface area contributed by atoms with Crippen LogP contribution in [0.3, 0.4) is 0 Å². The van der Waals surface area contributed by atoms with Crippen LogP contribution in [-0.4, -0.2) is 5.91 Å². The largest absolute Gasteiger partial charge is 0.397 e. The van der Waals surface area contributed by atoms with Crippen LogP contribution in [0, 0.1) is 6.92 Å². The van der Waals surface area contributed by atoms with E-state index in [2.05, 4.69) is 5.32 Å². The summed E-state index contributed by atoms with van der Waals surface area (Å²) in [6, 6.07) is 15.2. The zero-order valence-corrected chi connectivity index (χ0v) is 10.3. The van der Waals surface area contributed by atoms with Crippen molar-refractivity contribution in [3.8, 4) is 0 Å². The number of nitrogens with two attached hydrogens (primary N) is 1. The molecule has 0 heterocycles. The van der Waals surface area contributed by atoms with E-state index in [0.717, 1.165) is 11.1 Å². The minimum absolute atomic E-state index is 0.0569. The van der Waals surface area contributed by atoms with E-state index in [1.165, 1.54) is 0 Å². The third kappa shape index (κ3) is 3.10. The molecule has 3 heteroatoms. The van der Waals surface area contributed by atoms with E-state index in [1.807, 2.05) is 43.3 Å².